The predicted octanol–water partition coefficient (Wildman–Crippen LogP) is 4.54. The molecule has 1 heterocycles. The van der Waals surface area contributed by atoms with Crippen LogP contribution in [0.5, 0.6) is 0 Å². The molecule has 1 rings (SSSR count). The molecule has 1 aliphatic rings. The van der Waals surface area contributed by atoms with E-state index in [1.165, 1.54) is 0 Å². The molecule has 138 valence electrons. The zero-order valence-electron chi connectivity index (χ0n) is 16.3. The molecule has 0 bridgehead atoms. The third-order valence-electron chi connectivity index (χ3n) is 4.82. The topological polar surface area (TPSA) is 46.6 Å². The number of rotatable bonds is 0. The van der Waals surface area contributed by atoms with E-state index in [0.717, 1.165) is 32.1 Å². The number of allylic oxidation sites excluding steroid dienone is 1. The lowest BCUT2D eigenvalue weighted by Gasteiger charge is -2.33. The summed E-state index contributed by atoms with van der Waals surface area (Å²) in [6.07, 6.45) is 8.48. The van der Waals surface area contributed by atoms with E-state index >= 15 is 0 Å². The highest BCUT2D eigenvalue weighted by molar-refractivity contribution is 5.76. The third kappa shape index (κ3) is 7.06. The molecule has 0 unspecified atom stereocenters. The second kappa shape index (κ2) is 9.24. The summed E-state index contributed by atoms with van der Waals surface area (Å²) >= 11 is 0. The van der Waals surface area contributed by atoms with Gasteiger partial charge in [-0.3, -0.25) is 9.59 Å². The van der Waals surface area contributed by atoms with Crippen molar-refractivity contribution < 1.29 is 14.3 Å². The van der Waals surface area contributed by atoms with Crippen molar-refractivity contribution in [3.05, 3.63) is 12.3 Å². The molecule has 0 radical (unpaired) electrons. The van der Waals surface area contributed by atoms with Crippen LogP contribution in [0.2, 0.25) is 0 Å². The van der Waals surface area contributed by atoms with Crippen molar-refractivity contribution in [3.8, 4) is 0 Å². The first kappa shape index (κ1) is 20.7. The third-order valence-corrected chi connectivity index (χ3v) is 4.82. The summed E-state index contributed by atoms with van der Waals surface area (Å²) in [6.45, 7) is 10.5. The SMILES string of the molecule is C[C@H]1CCCC(=O)N(C)/C=C\CC[C@@H](C)C(=O)O[C@H](C(C)(C)C)C1. The van der Waals surface area contributed by atoms with Crippen LogP contribution >= 0.6 is 0 Å². The Morgan fingerprint density at radius 1 is 1.17 bits per heavy atom. The Morgan fingerprint density at radius 3 is 2.46 bits per heavy atom. The molecule has 0 aromatic rings. The van der Waals surface area contributed by atoms with E-state index in [2.05, 4.69) is 27.7 Å². The van der Waals surface area contributed by atoms with Gasteiger partial charge in [-0.2, -0.15) is 0 Å². The molecule has 1 aliphatic heterocycles. The number of esters is 1. The Bertz CT molecular complexity index is 450. The molecule has 1 amide bonds. The van der Waals surface area contributed by atoms with Crippen LogP contribution in [0.3, 0.4) is 0 Å². The van der Waals surface area contributed by atoms with Crippen molar-refractivity contribution in [1.82, 2.24) is 4.90 Å². The first-order valence-electron chi connectivity index (χ1n) is 9.24. The predicted molar refractivity (Wildman–Crippen MR) is 97.3 cm³/mol. The minimum absolute atomic E-state index is 0.0759. The monoisotopic (exact) mass is 337 g/mol. The van der Waals surface area contributed by atoms with Gasteiger partial charge in [0.15, 0.2) is 0 Å². The number of carbonyl (C=O) groups is 2. The van der Waals surface area contributed by atoms with E-state index in [-0.39, 0.29) is 29.3 Å². The van der Waals surface area contributed by atoms with Gasteiger partial charge < -0.3 is 9.64 Å². The van der Waals surface area contributed by atoms with Crippen LogP contribution in [0.4, 0.5) is 0 Å². The second-order valence-corrected chi connectivity index (χ2v) is 8.39. The van der Waals surface area contributed by atoms with Crippen LogP contribution in [0.1, 0.15) is 73.1 Å². The van der Waals surface area contributed by atoms with Gasteiger partial charge in [-0.05, 0) is 37.0 Å². The van der Waals surface area contributed by atoms with Crippen molar-refractivity contribution in [2.45, 2.75) is 79.2 Å². The van der Waals surface area contributed by atoms with E-state index in [0.29, 0.717) is 12.3 Å². The van der Waals surface area contributed by atoms with Crippen LogP contribution in [0.25, 0.3) is 0 Å². The molecule has 4 nitrogen and oxygen atoms in total. The standard InChI is InChI=1S/C20H35NO3/c1-15-10-9-12-18(22)21(6)13-8-7-11-16(2)19(23)24-17(14-15)20(3,4)5/h8,13,15-17H,7,9-12,14H2,1-6H3/b13-8-/t15-,16+,17-/m0/s1. The van der Waals surface area contributed by atoms with Crippen LogP contribution in [0, 0.1) is 17.3 Å². The van der Waals surface area contributed by atoms with Crippen molar-refractivity contribution in [1.29, 1.82) is 0 Å². The number of cyclic esters (lactones) is 1. The minimum Gasteiger partial charge on any atom is -0.462 e. The number of amides is 1. The fraction of sp³-hybridized carbons (Fsp3) is 0.800. The van der Waals surface area contributed by atoms with Crippen molar-refractivity contribution in [2.75, 3.05) is 7.05 Å². The zero-order chi connectivity index (χ0) is 18.3. The maximum Gasteiger partial charge on any atom is 0.308 e. The van der Waals surface area contributed by atoms with E-state index in [1.54, 1.807) is 11.9 Å². The Hall–Kier alpha value is -1.32. The highest BCUT2D eigenvalue weighted by atomic mass is 16.5. The molecular weight excluding hydrogens is 302 g/mol. The molecule has 0 N–H and O–H groups in total. The zero-order valence-corrected chi connectivity index (χ0v) is 16.3. The van der Waals surface area contributed by atoms with Crippen molar-refractivity contribution >= 4 is 11.9 Å². The second-order valence-electron chi connectivity index (χ2n) is 8.39. The molecule has 0 saturated carbocycles. The average Bonchev–Trinajstić information content (AvgIpc) is 2.48. The van der Waals surface area contributed by atoms with E-state index < -0.39 is 0 Å². The highest BCUT2D eigenvalue weighted by Crippen LogP contribution is 2.30. The summed E-state index contributed by atoms with van der Waals surface area (Å²) in [5.41, 5.74) is -0.0759. The Kier molecular flexibility index (Phi) is 7.98. The lowest BCUT2D eigenvalue weighted by Crippen LogP contribution is -2.35. The summed E-state index contributed by atoms with van der Waals surface area (Å²) in [7, 11) is 1.80. The fourth-order valence-electron chi connectivity index (χ4n) is 2.88. The molecular formula is C20H35NO3. The van der Waals surface area contributed by atoms with Gasteiger partial charge in [0.1, 0.15) is 6.10 Å². The molecule has 24 heavy (non-hydrogen) atoms. The Morgan fingerprint density at radius 2 is 1.83 bits per heavy atom. The maximum atomic E-state index is 12.4. The van der Waals surface area contributed by atoms with Crippen LogP contribution in [-0.4, -0.2) is 29.9 Å². The lowest BCUT2D eigenvalue weighted by atomic mass is 9.82. The van der Waals surface area contributed by atoms with E-state index in [4.69, 9.17) is 4.74 Å². The quantitative estimate of drug-likeness (QED) is 0.610. The first-order chi connectivity index (χ1) is 11.1. The van der Waals surface area contributed by atoms with Gasteiger partial charge in [0, 0.05) is 19.7 Å². The molecule has 0 saturated heterocycles. The molecule has 3 atom stereocenters. The maximum absolute atomic E-state index is 12.4. The summed E-state index contributed by atoms with van der Waals surface area (Å²) in [4.78, 5) is 26.2. The molecule has 4 heteroatoms. The van der Waals surface area contributed by atoms with Crippen molar-refractivity contribution in [3.63, 3.8) is 0 Å². The van der Waals surface area contributed by atoms with Crippen molar-refractivity contribution in [2.24, 2.45) is 17.3 Å². The Labute approximate surface area is 147 Å². The summed E-state index contributed by atoms with van der Waals surface area (Å²) in [5, 5.41) is 0. The van der Waals surface area contributed by atoms with Crippen LogP contribution in [0.15, 0.2) is 12.3 Å². The minimum atomic E-state index is -0.124. The summed E-state index contributed by atoms with van der Waals surface area (Å²) in [6, 6.07) is 0. The fourth-order valence-corrected chi connectivity index (χ4v) is 2.88. The smallest absolute Gasteiger partial charge is 0.308 e. The molecule has 0 aromatic heterocycles. The van der Waals surface area contributed by atoms with Gasteiger partial charge in [0.05, 0.1) is 5.92 Å². The van der Waals surface area contributed by atoms with Gasteiger partial charge in [0.2, 0.25) is 5.91 Å². The van der Waals surface area contributed by atoms with Gasteiger partial charge in [-0.1, -0.05) is 47.1 Å². The lowest BCUT2D eigenvalue weighted by molar-refractivity contribution is -0.160. The molecule has 0 fully saturated rings. The number of ether oxygens (including phenoxy) is 1. The first-order valence-corrected chi connectivity index (χ1v) is 9.24. The number of carbonyl (C=O) groups excluding carboxylic acids is 2. The largest absolute Gasteiger partial charge is 0.462 e. The summed E-state index contributed by atoms with van der Waals surface area (Å²) < 4.78 is 5.88. The van der Waals surface area contributed by atoms with Gasteiger partial charge in [0.25, 0.3) is 0 Å². The number of hydrogen-bond donors (Lipinski definition) is 0. The van der Waals surface area contributed by atoms with Gasteiger partial charge in [-0.25, -0.2) is 0 Å². The van der Waals surface area contributed by atoms with Gasteiger partial charge in [-0.15, -0.1) is 0 Å². The molecule has 0 aliphatic carbocycles. The molecule has 0 aromatic carbocycles. The average molecular weight is 338 g/mol. The van der Waals surface area contributed by atoms with Gasteiger partial charge >= 0.3 is 5.97 Å². The highest BCUT2D eigenvalue weighted by Gasteiger charge is 2.31. The van der Waals surface area contributed by atoms with E-state index in [1.807, 2.05) is 19.2 Å². The van der Waals surface area contributed by atoms with Crippen LogP contribution in [-0.2, 0) is 14.3 Å². The normalized spacial score (nSPS) is 30.2. The van der Waals surface area contributed by atoms with E-state index in [9.17, 15) is 9.59 Å². The molecule has 0 spiro atoms. The Balaban J connectivity index is 2.86. The number of hydrogen-bond acceptors (Lipinski definition) is 3. The van der Waals surface area contributed by atoms with Crippen LogP contribution < -0.4 is 0 Å². The summed E-state index contributed by atoms with van der Waals surface area (Å²) in [5.74, 6) is 0.355. The number of nitrogens with zero attached hydrogens (tertiary/aromatic N) is 1.